The van der Waals surface area contributed by atoms with E-state index in [0.29, 0.717) is 19.6 Å². The van der Waals surface area contributed by atoms with E-state index in [4.69, 9.17) is 14.5 Å². The van der Waals surface area contributed by atoms with Crippen LogP contribution in [0.4, 0.5) is 5.13 Å². The standard InChI is InChI=1S/C25H31N3O3S/c1-19-17-22-23(18-20(19)2)32-25(26-22)28(11-6-10-27-12-15-30-16-13-27)24(29)9-14-31-21-7-4-3-5-8-21/h3-5,7-8,17-18H,6,9-16H2,1-2H3. The maximum absolute atomic E-state index is 13.2. The first-order valence-electron chi connectivity index (χ1n) is 11.3. The number of thiazole rings is 1. The number of anilines is 1. The van der Waals surface area contributed by atoms with Crippen LogP contribution in [0.15, 0.2) is 42.5 Å². The minimum atomic E-state index is 0.0513. The number of hydrogen-bond donors (Lipinski definition) is 0. The molecule has 1 aromatic heterocycles. The molecular weight excluding hydrogens is 422 g/mol. The number of para-hydroxylation sites is 1. The lowest BCUT2D eigenvalue weighted by Crippen LogP contribution is -2.39. The summed E-state index contributed by atoms with van der Waals surface area (Å²) < 4.78 is 12.3. The zero-order chi connectivity index (χ0) is 22.3. The largest absolute Gasteiger partial charge is 0.493 e. The monoisotopic (exact) mass is 453 g/mol. The highest BCUT2D eigenvalue weighted by atomic mass is 32.1. The number of rotatable bonds is 9. The molecule has 0 bridgehead atoms. The highest BCUT2D eigenvalue weighted by molar-refractivity contribution is 7.22. The van der Waals surface area contributed by atoms with Crippen LogP contribution in [-0.4, -0.2) is 61.8 Å². The molecule has 3 aromatic rings. The third-order valence-electron chi connectivity index (χ3n) is 5.81. The SMILES string of the molecule is Cc1cc2nc(N(CCCN3CCOCC3)C(=O)CCOc3ccccc3)sc2cc1C. The molecule has 1 amide bonds. The van der Waals surface area contributed by atoms with Crippen molar-refractivity contribution >= 4 is 32.6 Å². The number of morpholine rings is 1. The van der Waals surface area contributed by atoms with E-state index in [2.05, 4.69) is 30.9 Å². The fourth-order valence-electron chi connectivity index (χ4n) is 3.80. The van der Waals surface area contributed by atoms with E-state index in [1.54, 1.807) is 11.3 Å². The van der Waals surface area contributed by atoms with Crippen molar-refractivity contribution in [3.63, 3.8) is 0 Å². The summed E-state index contributed by atoms with van der Waals surface area (Å²) in [7, 11) is 0. The molecule has 7 heteroatoms. The van der Waals surface area contributed by atoms with Crippen LogP contribution in [0.5, 0.6) is 5.75 Å². The second-order valence-electron chi connectivity index (χ2n) is 8.17. The molecule has 2 heterocycles. The van der Waals surface area contributed by atoms with Gasteiger partial charge in [-0.05, 0) is 55.7 Å². The summed E-state index contributed by atoms with van der Waals surface area (Å²) in [6.45, 7) is 9.66. The van der Waals surface area contributed by atoms with E-state index < -0.39 is 0 Å². The number of nitrogens with zero attached hydrogens (tertiary/aromatic N) is 3. The molecule has 32 heavy (non-hydrogen) atoms. The van der Waals surface area contributed by atoms with Gasteiger partial charge in [-0.25, -0.2) is 4.98 Å². The number of amides is 1. The van der Waals surface area contributed by atoms with Crippen LogP contribution in [0.2, 0.25) is 0 Å². The molecule has 0 unspecified atom stereocenters. The van der Waals surface area contributed by atoms with E-state index in [0.717, 1.165) is 60.4 Å². The molecule has 4 rings (SSSR count). The summed E-state index contributed by atoms with van der Waals surface area (Å²) >= 11 is 1.59. The van der Waals surface area contributed by atoms with Gasteiger partial charge in [-0.15, -0.1) is 0 Å². The Bertz CT molecular complexity index is 993. The van der Waals surface area contributed by atoms with Crippen molar-refractivity contribution < 1.29 is 14.3 Å². The quantitative estimate of drug-likeness (QED) is 0.480. The van der Waals surface area contributed by atoms with Crippen molar-refractivity contribution in [3.05, 3.63) is 53.6 Å². The van der Waals surface area contributed by atoms with Crippen molar-refractivity contribution in [2.24, 2.45) is 0 Å². The van der Waals surface area contributed by atoms with Gasteiger partial charge in [0, 0.05) is 26.2 Å². The fourth-order valence-corrected chi connectivity index (χ4v) is 4.88. The summed E-state index contributed by atoms with van der Waals surface area (Å²) in [5.74, 6) is 0.834. The Hall–Kier alpha value is -2.48. The molecule has 1 aliphatic heterocycles. The zero-order valence-electron chi connectivity index (χ0n) is 18.9. The summed E-state index contributed by atoms with van der Waals surface area (Å²) in [6, 6.07) is 13.9. The van der Waals surface area contributed by atoms with Crippen LogP contribution < -0.4 is 9.64 Å². The first kappa shape index (κ1) is 22.7. The number of fused-ring (bicyclic) bond motifs is 1. The Balaban J connectivity index is 1.44. The minimum absolute atomic E-state index is 0.0513. The average Bonchev–Trinajstić information content (AvgIpc) is 3.20. The molecule has 0 spiro atoms. The third-order valence-corrected chi connectivity index (χ3v) is 6.85. The fraction of sp³-hybridized carbons (Fsp3) is 0.440. The Morgan fingerprint density at radius 1 is 1.16 bits per heavy atom. The molecule has 2 aromatic carbocycles. The van der Waals surface area contributed by atoms with Crippen LogP contribution in [0.3, 0.4) is 0 Å². The number of carbonyl (C=O) groups excluding carboxylic acids is 1. The van der Waals surface area contributed by atoms with Gasteiger partial charge in [0.1, 0.15) is 5.75 Å². The lowest BCUT2D eigenvalue weighted by molar-refractivity contribution is -0.119. The molecule has 1 fully saturated rings. The van der Waals surface area contributed by atoms with Crippen molar-refractivity contribution in [2.75, 3.05) is 50.9 Å². The van der Waals surface area contributed by atoms with E-state index in [1.807, 2.05) is 35.2 Å². The normalized spacial score (nSPS) is 14.6. The van der Waals surface area contributed by atoms with Gasteiger partial charge in [-0.1, -0.05) is 29.5 Å². The van der Waals surface area contributed by atoms with Gasteiger partial charge < -0.3 is 9.47 Å². The van der Waals surface area contributed by atoms with Gasteiger partial charge in [0.05, 0.1) is 36.5 Å². The second kappa shape index (κ2) is 10.9. The molecule has 1 saturated heterocycles. The molecule has 1 aliphatic rings. The topological polar surface area (TPSA) is 54.9 Å². The first-order chi connectivity index (χ1) is 15.6. The summed E-state index contributed by atoms with van der Waals surface area (Å²) in [6.07, 6.45) is 1.22. The molecular formula is C25H31N3O3S. The van der Waals surface area contributed by atoms with Gasteiger partial charge in [0.25, 0.3) is 0 Å². The molecule has 0 N–H and O–H groups in total. The van der Waals surface area contributed by atoms with Crippen LogP contribution in [-0.2, 0) is 9.53 Å². The second-order valence-corrected chi connectivity index (χ2v) is 9.17. The van der Waals surface area contributed by atoms with Gasteiger partial charge in [-0.3, -0.25) is 14.6 Å². The number of aromatic nitrogens is 1. The predicted octanol–water partition coefficient (Wildman–Crippen LogP) is 4.44. The average molecular weight is 454 g/mol. The highest BCUT2D eigenvalue weighted by Gasteiger charge is 2.21. The highest BCUT2D eigenvalue weighted by Crippen LogP contribution is 2.31. The van der Waals surface area contributed by atoms with E-state index in [1.165, 1.54) is 11.1 Å². The van der Waals surface area contributed by atoms with E-state index in [-0.39, 0.29) is 5.91 Å². The summed E-state index contributed by atoms with van der Waals surface area (Å²) in [4.78, 5) is 22.3. The van der Waals surface area contributed by atoms with Crippen LogP contribution in [0.25, 0.3) is 10.2 Å². The van der Waals surface area contributed by atoms with Gasteiger partial charge >= 0.3 is 0 Å². The number of ether oxygens (including phenoxy) is 2. The van der Waals surface area contributed by atoms with Gasteiger partial charge in [0.2, 0.25) is 5.91 Å². The number of benzene rings is 2. The van der Waals surface area contributed by atoms with Gasteiger partial charge in [-0.2, -0.15) is 0 Å². The smallest absolute Gasteiger partial charge is 0.232 e. The molecule has 6 nitrogen and oxygen atoms in total. The lowest BCUT2D eigenvalue weighted by atomic mass is 10.1. The summed E-state index contributed by atoms with van der Waals surface area (Å²) in [5.41, 5.74) is 3.42. The Kier molecular flexibility index (Phi) is 7.73. The number of aryl methyl sites for hydroxylation is 2. The predicted molar refractivity (Wildman–Crippen MR) is 130 cm³/mol. The van der Waals surface area contributed by atoms with E-state index in [9.17, 15) is 4.79 Å². The van der Waals surface area contributed by atoms with Crippen molar-refractivity contribution in [3.8, 4) is 5.75 Å². The first-order valence-corrected chi connectivity index (χ1v) is 12.1. The maximum atomic E-state index is 13.2. The van der Waals surface area contributed by atoms with Gasteiger partial charge in [0.15, 0.2) is 5.13 Å². The molecule has 0 aliphatic carbocycles. The van der Waals surface area contributed by atoms with Crippen molar-refractivity contribution in [2.45, 2.75) is 26.7 Å². The van der Waals surface area contributed by atoms with Crippen LogP contribution in [0, 0.1) is 13.8 Å². The number of carbonyl (C=O) groups is 1. The summed E-state index contributed by atoms with van der Waals surface area (Å²) in [5, 5.41) is 0.775. The maximum Gasteiger partial charge on any atom is 0.232 e. The zero-order valence-corrected chi connectivity index (χ0v) is 19.7. The van der Waals surface area contributed by atoms with Crippen molar-refractivity contribution in [1.82, 2.24) is 9.88 Å². The minimum Gasteiger partial charge on any atom is -0.493 e. The van der Waals surface area contributed by atoms with E-state index >= 15 is 0 Å². The molecule has 0 radical (unpaired) electrons. The van der Waals surface area contributed by atoms with Crippen LogP contribution >= 0.6 is 11.3 Å². The Labute approximate surface area is 193 Å². The Morgan fingerprint density at radius 3 is 2.69 bits per heavy atom. The third kappa shape index (κ3) is 5.85. The van der Waals surface area contributed by atoms with Crippen LogP contribution in [0.1, 0.15) is 24.0 Å². The molecule has 170 valence electrons. The number of hydrogen-bond acceptors (Lipinski definition) is 6. The Morgan fingerprint density at radius 2 is 1.91 bits per heavy atom. The lowest BCUT2D eigenvalue weighted by Gasteiger charge is -2.27. The molecule has 0 saturated carbocycles. The van der Waals surface area contributed by atoms with Crippen molar-refractivity contribution in [1.29, 1.82) is 0 Å². The molecule has 0 atom stereocenters.